The summed E-state index contributed by atoms with van der Waals surface area (Å²) < 4.78 is 31.2. The van der Waals surface area contributed by atoms with E-state index in [1.54, 1.807) is 66.7 Å². The first-order valence-corrected chi connectivity index (χ1v) is 22.9. The molecule has 246 valence electrons. The minimum absolute atomic E-state index is 0.150. The van der Waals surface area contributed by atoms with Crippen molar-refractivity contribution in [1.29, 1.82) is 0 Å². The molecule has 0 saturated heterocycles. The van der Waals surface area contributed by atoms with Crippen molar-refractivity contribution < 1.29 is 18.4 Å². The van der Waals surface area contributed by atoms with Gasteiger partial charge in [0.1, 0.15) is 0 Å². The molecule has 1 atom stereocenters. The third kappa shape index (κ3) is 8.14. The number of carbonyl (C=O) groups excluding carboxylic acids is 1. The zero-order chi connectivity index (χ0) is 34.1. The second kappa shape index (κ2) is 16.0. The standard InChI is InChI=1S/C40H34Cl2GeNO4P/c41-31-26-27-37(38(42)30-31)40(49(46,47-35-22-12-4-13-23-35)48-36-24-14-5-15-25-36)44-39(45)28-29-43(32-16-6-1-7-17-32,33-18-8-2-9-19-33)34-20-10-3-11-21-34/h1-27,30,40H,28-29H2,(H,44,45). The van der Waals surface area contributed by atoms with E-state index in [9.17, 15) is 4.79 Å². The summed E-state index contributed by atoms with van der Waals surface area (Å²) in [5.41, 5.74) is 0.358. The van der Waals surface area contributed by atoms with E-state index in [4.69, 9.17) is 32.2 Å². The topological polar surface area (TPSA) is 64.6 Å². The van der Waals surface area contributed by atoms with E-state index < -0.39 is 26.6 Å². The molecule has 5 nitrogen and oxygen atoms in total. The molecule has 0 radical (unpaired) electrons. The van der Waals surface area contributed by atoms with Gasteiger partial charge in [-0.05, 0) is 0 Å². The van der Waals surface area contributed by atoms with Crippen molar-refractivity contribution in [1.82, 2.24) is 5.32 Å². The van der Waals surface area contributed by atoms with Crippen molar-refractivity contribution >= 4 is 63.2 Å². The van der Waals surface area contributed by atoms with Crippen LogP contribution in [-0.2, 0) is 9.36 Å². The molecule has 0 aliphatic rings. The van der Waals surface area contributed by atoms with Gasteiger partial charge in [-0.3, -0.25) is 0 Å². The van der Waals surface area contributed by atoms with Gasteiger partial charge in [-0.25, -0.2) is 0 Å². The predicted molar refractivity (Wildman–Crippen MR) is 202 cm³/mol. The molecule has 0 bridgehead atoms. The summed E-state index contributed by atoms with van der Waals surface area (Å²) in [5.74, 6) is -0.950. The van der Waals surface area contributed by atoms with E-state index in [2.05, 4.69) is 78.1 Å². The number of hydrogen-bond acceptors (Lipinski definition) is 4. The summed E-state index contributed by atoms with van der Waals surface area (Å²) in [5, 5.41) is 4.26. The van der Waals surface area contributed by atoms with E-state index in [1.807, 2.05) is 30.3 Å². The number of amides is 1. The molecule has 0 aliphatic heterocycles. The van der Waals surface area contributed by atoms with Gasteiger partial charge >= 0.3 is 301 Å². The summed E-state index contributed by atoms with van der Waals surface area (Å²) in [6.07, 6.45) is 0.150. The van der Waals surface area contributed by atoms with Gasteiger partial charge in [-0.1, -0.05) is 0 Å². The molecule has 6 aromatic rings. The monoisotopic (exact) mass is 767 g/mol. The normalized spacial score (nSPS) is 12.1. The fourth-order valence-electron chi connectivity index (χ4n) is 6.06. The Balaban J connectivity index is 1.41. The number of rotatable bonds is 13. The summed E-state index contributed by atoms with van der Waals surface area (Å²) in [6, 6.07) is 53.7. The van der Waals surface area contributed by atoms with Gasteiger partial charge < -0.3 is 0 Å². The molecule has 6 rings (SSSR count). The average molecular weight is 767 g/mol. The summed E-state index contributed by atoms with van der Waals surface area (Å²) in [4.78, 5) is 14.3. The Hall–Kier alpha value is -4.26. The van der Waals surface area contributed by atoms with Gasteiger partial charge in [0, 0.05) is 0 Å². The van der Waals surface area contributed by atoms with Crippen molar-refractivity contribution in [3.63, 3.8) is 0 Å². The van der Waals surface area contributed by atoms with E-state index in [-0.39, 0.29) is 17.4 Å². The minimum atomic E-state index is -4.27. The fourth-order valence-corrected chi connectivity index (χ4v) is 18.6. The molecular formula is C40H34Cl2GeNO4P. The first kappa shape index (κ1) is 34.6. The molecule has 0 aromatic heterocycles. The molecule has 0 aliphatic carbocycles. The van der Waals surface area contributed by atoms with Gasteiger partial charge in [0.05, 0.1) is 0 Å². The van der Waals surface area contributed by atoms with Crippen molar-refractivity contribution in [3.05, 3.63) is 185 Å². The summed E-state index contributed by atoms with van der Waals surface area (Å²) in [7, 11) is -4.27. The SMILES string of the molecule is O=C(C[CH2][Ge]([c]1ccccc1)([c]1ccccc1)[c]1ccccc1)NC(c1ccc(Cl)cc1Cl)P(=O)(Oc1ccccc1)Oc1ccccc1. The van der Waals surface area contributed by atoms with Crippen LogP contribution in [0.2, 0.25) is 15.3 Å². The van der Waals surface area contributed by atoms with Crippen LogP contribution in [0.25, 0.3) is 0 Å². The van der Waals surface area contributed by atoms with Crippen LogP contribution in [0.3, 0.4) is 0 Å². The number of hydrogen-bond donors (Lipinski definition) is 1. The van der Waals surface area contributed by atoms with Gasteiger partial charge in [0.2, 0.25) is 0 Å². The first-order valence-electron chi connectivity index (χ1n) is 15.9. The number of carbonyl (C=O) groups is 1. The Kier molecular flexibility index (Phi) is 11.3. The predicted octanol–water partition coefficient (Wildman–Crippen LogP) is 9.02. The molecule has 6 aromatic carbocycles. The molecule has 0 fully saturated rings. The second-order valence-corrected chi connectivity index (χ2v) is 22.8. The van der Waals surface area contributed by atoms with Gasteiger partial charge in [0.15, 0.2) is 0 Å². The molecular weight excluding hydrogens is 733 g/mol. The Labute approximate surface area is 299 Å². The van der Waals surface area contributed by atoms with Crippen LogP contribution < -0.4 is 27.6 Å². The first-order chi connectivity index (χ1) is 23.9. The number of nitrogens with one attached hydrogen (secondary N) is 1. The van der Waals surface area contributed by atoms with Gasteiger partial charge in [-0.2, -0.15) is 0 Å². The Morgan fingerprint density at radius 3 is 1.43 bits per heavy atom. The van der Waals surface area contributed by atoms with Crippen molar-refractivity contribution in [2.45, 2.75) is 17.5 Å². The molecule has 0 spiro atoms. The molecule has 1 unspecified atom stereocenters. The molecule has 1 N–H and O–H groups in total. The summed E-state index contributed by atoms with van der Waals surface area (Å²) in [6.45, 7) is 0. The zero-order valence-electron chi connectivity index (χ0n) is 26.5. The number of halogens is 2. The Morgan fingerprint density at radius 2 is 1.02 bits per heavy atom. The van der Waals surface area contributed by atoms with Crippen LogP contribution in [0, 0.1) is 0 Å². The maximum absolute atomic E-state index is 15.2. The number of para-hydroxylation sites is 2. The zero-order valence-corrected chi connectivity index (χ0v) is 31.0. The summed E-state index contributed by atoms with van der Waals surface area (Å²) >= 11 is 9.57. The van der Waals surface area contributed by atoms with Crippen LogP contribution in [0.5, 0.6) is 11.5 Å². The van der Waals surface area contributed by atoms with Crippen molar-refractivity contribution in [2.24, 2.45) is 0 Å². The van der Waals surface area contributed by atoms with Crippen LogP contribution in [0.1, 0.15) is 17.8 Å². The molecule has 0 heterocycles. The van der Waals surface area contributed by atoms with Gasteiger partial charge in [-0.15, -0.1) is 0 Å². The van der Waals surface area contributed by atoms with Crippen LogP contribution in [0.4, 0.5) is 0 Å². The fraction of sp³-hybridized carbons (Fsp3) is 0.0750. The van der Waals surface area contributed by atoms with Crippen molar-refractivity contribution in [3.8, 4) is 11.5 Å². The van der Waals surface area contributed by atoms with E-state index in [0.29, 0.717) is 27.3 Å². The van der Waals surface area contributed by atoms with E-state index in [1.165, 1.54) is 13.2 Å². The average Bonchev–Trinajstić information content (AvgIpc) is 3.13. The van der Waals surface area contributed by atoms with E-state index in [0.717, 1.165) is 0 Å². The number of benzene rings is 6. The van der Waals surface area contributed by atoms with Gasteiger partial charge in [0.25, 0.3) is 0 Å². The Morgan fingerprint density at radius 1 is 0.612 bits per heavy atom. The Bertz CT molecular complexity index is 1880. The third-order valence-electron chi connectivity index (χ3n) is 8.35. The quantitative estimate of drug-likeness (QED) is 0.0942. The maximum atomic E-state index is 15.2. The molecule has 0 saturated carbocycles. The van der Waals surface area contributed by atoms with E-state index >= 15 is 4.57 Å². The molecule has 1 amide bonds. The van der Waals surface area contributed by atoms with Crippen LogP contribution >= 0.6 is 30.8 Å². The molecule has 9 heteroatoms. The second-order valence-electron chi connectivity index (χ2n) is 11.5. The van der Waals surface area contributed by atoms with Crippen molar-refractivity contribution in [2.75, 3.05) is 0 Å². The van der Waals surface area contributed by atoms with Crippen LogP contribution in [0.15, 0.2) is 170 Å². The molecule has 49 heavy (non-hydrogen) atoms. The van der Waals surface area contributed by atoms with Crippen LogP contribution in [-0.4, -0.2) is 19.2 Å². The third-order valence-corrected chi connectivity index (χ3v) is 21.3.